The van der Waals surface area contributed by atoms with Gasteiger partial charge in [0.25, 0.3) is 5.69 Å². The van der Waals surface area contributed by atoms with Gasteiger partial charge in [-0.1, -0.05) is 0 Å². The quantitative estimate of drug-likeness (QED) is 0.657. The number of rotatable bonds is 3. The molecule has 2 rings (SSSR count). The molecular formula is C12H14BrN3O3. The first-order chi connectivity index (χ1) is 8.97. The average Bonchev–Trinajstić information content (AvgIpc) is 2.78. The topological polar surface area (TPSA) is 98.3 Å². The normalized spacial score (nSPS) is 22.2. The Labute approximate surface area is 118 Å². The van der Waals surface area contributed by atoms with E-state index in [0.717, 1.165) is 12.8 Å². The molecule has 102 valence electrons. The number of halogens is 1. The lowest BCUT2D eigenvalue weighted by molar-refractivity contribution is -0.385. The highest BCUT2D eigenvalue weighted by Crippen LogP contribution is 2.29. The number of nitro groups is 1. The smallest absolute Gasteiger partial charge is 0.285 e. The van der Waals surface area contributed by atoms with Gasteiger partial charge in [0.1, 0.15) is 0 Å². The predicted molar refractivity (Wildman–Crippen MR) is 74.7 cm³/mol. The van der Waals surface area contributed by atoms with E-state index in [4.69, 9.17) is 5.73 Å². The molecule has 0 aromatic heterocycles. The number of nitrogens with two attached hydrogens (primary N) is 1. The summed E-state index contributed by atoms with van der Waals surface area (Å²) in [6.45, 7) is 0. The first-order valence-corrected chi connectivity index (χ1v) is 6.77. The van der Waals surface area contributed by atoms with E-state index in [2.05, 4.69) is 21.2 Å². The van der Waals surface area contributed by atoms with E-state index in [1.165, 1.54) is 6.07 Å². The Morgan fingerprint density at radius 2 is 2.21 bits per heavy atom. The summed E-state index contributed by atoms with van der Waals surface area (Å²) in [6, 6.07) is 4.60. The van der Waals surface area contributed by atoms with E-state index in [-0.39, 0.29) is 23.6 Å². The number of amides is 1. The maximum absolute atomic E-state index is 12.0. The summed E-state index contributed by atoms with van der Waals surface area (Å²) in [5, 5.41) is 13.5. The zero-order valence-electron chi connectivity index (χ0n) is 10.1. The summed E-state index contributed by atoms with van der Waals surface area (Å²) >= 11 is 3.10. The molecule has 2 atom stereocenters. The highest BCUT2D eigenvalue weighted by molar-refractivity contribution is 9.10. The van der Waals surface area contributed by atoms with Crippen molar-refractivity contribution in [3.63, 3.8) is 0 Å². The summed E-state index contributed by atoms with van der Waals surface area (Å²) in [5.41, 5.74) is 6.13. The fourth-order valence-corrected chi connectivity index (χ4v) is 2.62. The molecule has 0 spiro atoms. The van der Waals surface area contributed by atoms with Crippen LogP contribution in [0.3, 0.4) is 0 Å². The van der Waals surface area contributed by atoms with Crippen LogP contribution >= 0.6 is 15.9 Å². The van der Waals surface area contributed by atoms with Crippen molar-refractivity contribution in [1.82, 2.24) is 0 Å². The van der Waals surface area contributed by atoms with Crippen molar-refractivity contribution in [2.24, 2.45) is 11.7 Å². The number of benzene rings is 1. The second-order valence-electron chi connectivity index (χ2n) is 4.68. The number of carbonyl (C=O) groups excluding carboxylic acids is 1. The Morgan fingerprint density at radius 3 is 2.79 bits per heavy atom. The number of nitro benzene ring substituents is 1. The summed E-state index contributed by atoms with van der Waals surface area (Å²) in [7, 11) is 0. The third-order valence-electron chi connectivity index (χ3n) is 3.25. The second-order valence-corrected chi connectivity index (χ2v) is 5.54. The molecule has 0 radical (unpaired) electrons. The average molecular weight is 328 g/mol. The minimum atomic E-state index is -0.495. The predicted octanol–water partition coefficient (Wildman–Crippen LogP) is 2.42. The minimum Gasteiger partial charge on any atom is -0.328 e. The summed E-state index contributed by atoms with van der Waals surface area (Å²) in [5.74, 6) is -0.220. The largest absolute Gasteiger partial charge is 0.328 e. The molecule has 19 heavy (non-hydrogen) atoms. The van der Waals surface area contributed by atoms with Crippen LogP contribution in [0.4, 0.5) is 11.4 Å². The molecule has 1 aliphatic rings. The number of carbonyl (C=O) groups is 1. The molecule has 1 aliphatic carbocycles. The van der Waals surface area contributed by atoms with Crippen LogP contribution in [0.5, 0.6) is 0 Å². The first kappa shape index (κ1) is 14.0. The van der Waals surface area contributed by atoms with Crippen LogP contribution in [0, 0.1) is 16.0 Å². The molecule has 1 aromatic carbocycles. The van der Waals surface area contributed by atoms with Crippen molar-refractivity contribution >= 4 is 33.2 Å². The van der Waals surface area contributed by atoms with Crippen LogP contribution in [0.15, 0.2) is 22.7 Å². The van der Waals surface area contributed by atoms with Gasteiger partial charge < -0.3 is 11.1 Å². The Balaban J connectivity index is 2.09. The lowest BCUT2D eigenvalue weighted by Gasteiger charge is -2.10. The van der Waals surface area contributed by atoms with Crippen molar-refractivity contribution in [3.8, 4) is 0 Å². The van der Waals surface area contributed by atoms with E-state index < -0.39 is 4.92 Å². The molecule has 1 aromatic rings. The van der Waals surface area contributed by atoms with E-state index in [1.54, 1.807) is 12.1 Å². The number of nitrogens with one attached hydrogen (secondary N) is 1. The molecule has 3 N–H and O–H groups in total. The third-order valence-corrected chi connectivity index (χ3v) is 3.92. The Kier molecular flexibility index (Phi) is 4.16. The van der Waals surface area contributed by atoms with Crippen LogP contribution in [0.25, 0.3) is 0 Å². The van der Waals surface area contributed by atoms with Crippen LogP contribution in [-0.2, 0) is 4.79 Å². The van der Waals surface area contributed by atoms with Crippen molar-refractivity contribution in [1.29, 1.82) is 0 Å². The van der Waals surface area contributed by atoms with Crippen molar-refractivity contribution < 1.29 is 9.72 Å². The van der Waals surface area contributed by atoms with Gasteiger partial charge in [-0.05, 0) is 47.3 Å². The number of hydrogen-bond donors (Lipinski definition) is 2. The lowest BCUT2D eigenvalue weighted by Crippen LogP contribution is -2.23. The van der Waals surface area contributed by atoms with Crippen molar-refractivity contribution in [2.75, 3.05) is 5.32 Å². The molecule has 0 saturated heterocycles. The van der Waals surface area contributed by atoms with Crippen LogP contribution in [0.2, 0.25) is 0 Å². The number of nitrogens with zero attached hydrogens (tertiary/aromatic N) is 1. The third kappa shape index (κ3) is 3.30. The molecule has 2 unspecified atom stereocenters. The lowest BCUT2D eigenvalue weighted by atomic mass is 10.1. The van der Waals surface area contributed by atoms with Gasteiger partial charge in [-0.25, -0.2) is 0 Å². The molecular weight excluding hydrogens is 314 g/mol. The van der Waals surface area contributed by atoms with Crippen LogP contribution in [0.1, 0.15) is 19.3 Å². The van der Waals surface area contributed by atoms with E-state index in [1.807, 2.05) is 0 Å². The highest BCUT2D eigenvalue weighted by Gasteiger charge is 2.28. The molecule has 1 amide bonds. The fraction of sp³-hybridized carbons (Fsp3) is 0.417. The second kappa shape index (κ2) is 5.66. The SMILES string of the molecule is NC1CCC(C(=O)Nc2ccc(Br)c([N+](=O)[O-])c2)C1. The maximum atomic E-state index is 12.0. The molecule has 6 nitrogen and oxygen atoms in total. The van der Waals surface area contributed by atoms with E-state index >= 15 is 0 Å². The monoisotopic (exact) mass is 327 g/mol. The Bertz CT molecular complexity index is 521. The fourth-order valence-electron chi connectivity index (χ4n) is 2.23. The molecule has 1 saturated carbocycles. The van der Waals surface area contributed by atoms with Crippen molar-refractivity contribution in [2.45, 2.75) is 25.3 Å². The number of anilines is 1. The van der Waals surface area contributed by atoms with Gasteiger partial charge in [-0.15, -0.1) is 0 Å². The zero-order valence-corrected chi connectivity index (χ0v) is 11.7. The van der Waals surface area contributed by atoms with Crippen molar-refractivity contribution in [3.05, 3.63) is 32.8 Å². The Morgan fingerprint density at radius 1 is 1.47 bits per heavy atom. The first-order valence-electron chi connectivity index (χ1n) is 5.97. The van der Waals surface area contributed by atoms with Crippen LogP contribution in [-0.4, -0.2) is 16.9 Å². The molecule has 0 aliphatic heterocycles. The van der Waals surface area contributed by atoms with Gasteiger partial charge in [0.2, 0.25) is 5.91 Å². The minimum absolute atomic E-state index is 0.0686. The molecule has 0 bridgehead atoms. The Hall–Kier alpha value is -1.47. The molecule has 1 fully saturated rings. The maximum Gasteiger partial charge on any atom is 0.285 e. The zero-order chi connectivity index (χ0) is 14.0. The molecule has 0 heterocycles. The van der Waals surface area contributed by atoms with Gasteiger partial charge in [-0.3, -0.25) is 14.9 Å². The number of hydrogen-bond acceptors (Lipinski definition) is 4. The van der Waals surface area contributed by atoms with Gasteiger partial charge in [-0.2, -0.15) is 0 Å². The van der Waals surface area contributed by atoms with Crippen LogP contribution < -0.4 is 11.1 Å². The standard InChI is InChI=1S/C12H14BrN3O3/c13-10-4-3-9(6-11(10)16(18)19)15-12(17)7-1-2-8(14)5-7/h3-4,6-8H,1-2,5,14H2,(H,15,17). The summed E-state index contributed by atoms with van der Waals surface area (Å²) < 4.78 is 0.387. The van der Waals surface area contributed by atoms with Gasteiger partial charge in [0, 0.05) is 23.7 Å². The van der Waals surface area contributed by atoms with Gasteiger partial charge in [0.15, 0.2) is 0 Å². The van der Waals surface area contributed by atoms with E-state index in [9.17, 15) is 14.9 Å². The highest BCUT2D eigenvalue weighted by atomic mass is 79.9. The van der Waals surface area contributed by atoms with Gasteiger partial charge >= 0.3 is 0 Å². The van der Waals surface area contributed by atoms with E-state index in [0.29, 0.717) is 16.6 Å². The summed E-state index contributed by atoms with van der Waals surface area (Å²) in [6.07, 6.45) is 2.29. The summed E-state index contributed by atoms with van der Waals surface area (Å²) in [4.78, 5) is 22.3. The van der Waals surface area contributed by atoms with Gasteiger partial charge in [0.05, 0.1) is 9.40 Å². The molecule has 7 heteroatoms.